The third-order valence-corrected chi connectivity index (χ3v) is 3.60. The maximum Gasteiger partial charge on any atom is 0.336 e. The lowest BCUT2D eigenvalue weighted by molar-refractivity contribution is -0.129. The number of rotatable bonds is 7. The van der Waals surface area contributed by atoms with Crippen molar-refractivity contribution in [2.24, 2.45) is 0 Å². The minimum atomic E-state index is -0.575. The number of methoxy groups -OCH3 is 3. The molecular weight excluding hydrogens is 336 g/mol. The van der Waals surface area contributed by atoms with Gasteiger partial charge in [-0.1, -0.05) is 6.07 Å². The Labute approximate surface area is 151 Å². The van der Waals surface area contributed by atoms with E-state index in [1.807, 2.05) is 0 Å². The second-order valence-electron chi connectivity index (χ2n) is 5.29. The molecule has 0 N–H and O–H groups in total. The van der Waals surface area contributed by atoms with Gasteiger partial charge in [0.15, 0.2) is 28.8 Å². The molecule has 0 aliphatic rings. The van der Waals surface area contributed by atoms with Gasteiger partial charge in [-0.05, 0) is 48.9 Å². The Bertz CT molecular complexity index is 838. The summed E-state index contributed by atoms with van der Waals surface area (Å²) in [6.45, 7) is 1.45. The van der Waals surface area contributed by atoms with E-state index in [1.54, 1.807) is 37.5 Å². The molecule has 26 heavy (non-hydrogen) atoms. The van der Waals surface area contributed by atoms with Crippen LogP contribution < -0.4 is 18.9 Å². The summed E-state index contributed by atoms with van der Waals surface area (Å²) >= 11 is 0. The zero-order valence-electron chi connectivity index (χ0n) is 15.1. The SMILES string of the molecule is COc1ccc(/C=C/C(=O)Oc2ccc(C(C)=O)cc2OC)cc1OC. The summed E-state index contributed by atoms with van der Waals surface area (Å²) in [5.74, 6) is 1.03. The predicted octanol–water partition coefficient (Wildman–Crippen LogP) is 3.53. The van der Waals surface area contributed by atoms with E-state index in [9.17, 15) is 9.59 Å². The van der Waals surface area contributed by atoms with Gasteiger partial charge in [-0.3, -0.25) is 4.79 Å². The molecule has 0 radical (unpaired) electrons. The predicted molar refractivity (Wildman–Crippen MR) is 97.2 cm³/mol. The van der Waals surface area contributed by atoms with Crippen molar-refractivity contribution >= 4 is 17.8 Å². The summed E-state index contributed by atoms with van der Waals surface area (Å²) in [5.41, 5.74) is 1.22. The zero-order valence-corrected chi connectivity index (χ0v) is 15.1. The first kappa shape index (κ1) is 19.1. The van der Waals surface area contributed by atoms with Gasteiger partial charge in [0, 0.05) is 11.6 Å². The smallest absolute Gasteiger partial charge is 0.336 e. The van der Waals surface area contributed by atoms with Crippen LogP contribution in [0, 0.1) is 0 Å². The van der Waals surface area contributed by atoms with Gasteiger partial charge in [0.1, 0.15) is 0 Å². The van der Waals surface area contributed by atoms with Gasteiger partial charge in [-0.2, -0.15) is 0 Å². The van der Waals surface area contributed by atoms with Crippen molar-refractivity contribution in [2.45, 2.75) is 6.92 Å². The Balaban J connectivity index is 2.13. The standard InChI is InChI=1S/C20H20O6/c1-13(21)15-7-9-17(19(12-15)25-4)26-20(22)10-6-14-5-8-16(23-2)18(11-14)24-3/h5-12H,1-4H3/b10-6+. The number of benzene rings is 2. The molecule has 0 unspecified atom stereocenters. The first-order valence-corrected chi connectivity index (χ1v) is 7.79. The van der Waals surface area contributed by atoms with Crippen LogP contribution in [0.5, 0.6) is 23.0 Å². The van der Waals surface area contributed by atoms with Crippen molar-refractivity contribution < 1.29 is 28.5 Å². The second-order valence-corrected chi connectivity index (χ2v) is 5.29. The number of esters is 1. The highest BCUT2D eigenvalue weighted by atomic mass is 16.6. The van der Waals surface area contributed by atoms with E-state index in [4.69, 9.17) is 18.9 Å². The normalized spacial score (nSPS) is 10.5. The van der Waals surface area contributed by atoms with Crippen molar-refractivity contribution in [1.82, 2.24) is 0 Å². The lowest BCUT2D eigenvalue weighted by Crippen LogP contribution is -2.05. The van der Waals surface area contributed by atoms with E-state index in [1.165, 1.54) is 39.4 Å². The number of carbonyl (C=O) groups is 2. The third-order valence-electron chi connectivity index (χ3n) is 3.60. The summed E-state index contributed by atoms with van der Waals surface area (Å²) in [6.07, 6.45) is 2.89. The van der Waals surface area contributed by atoms with Crippen LogP contribution in [0.3, 0.4) is 0 Å². The average Bonchev–Trinajstić information content (AvgIpc) is 2.66. The minimum Gasteiger partial charge on any atom is -0.493 e. The fourth-order valence-electron chi connectivity index (χ4n) is 2.23. The fraction of sp³-hybridized carbons (Fsp3) is 0.200. The molecule has 2 rings (SSSR count). The minimum absolute atomic E-state index is 0.102. The van der Waals surface area contributed by atoms with Crippen LogP contribution in [0.25, 0.3) is 6.08 Å². The topological polar surface area (TPSA) is 71.1 Å². The van der Waals surface area contributed by atoms with E-state index in [0.29, 0.717) is 22.8 Å². The lowest BCUT2D eigenvalue weighted by Gasteiger charge is -2.09. The monoisotopic (exact) mass is 356 g/mol. The van der Waals surface area contributed by atoms with Crippen LogP contribution in [0.2, 0.25) is 0 Å². The van der Waals surface area contributed by atoms with Crippen LogP contribution in [-0.4, -0.2) is 33.1 Å². The molecule has 0 aliphatic heterocycles. The van der Waals surface area contributed by atoms with Crippen molar-refractivity contribution in [3.8, 4) is 23.0 Å². The highest BCUT2D eigenvalue weighted by Gasteiger charge is 2.11. The number of hydrogen-bond acceptors (Lipinski definition) is 6. The van der Waals surface area contributed by atoms with E-state index < -0.39 is 5.97 Å². The third kappa shape index (κ3) is 4.63. The molecule has 6 heteroatoms. The molecule has 0 amide bonds. The molecule has 6 nitrogen and oxygen atoms in total. The van der Waals surface area contributed by atoms with E-state index in [-0.39, 0.29) is 11.5 Å². The van der Waals surface area contributed by atoms with Crippen LogP contribution in [0.15, 0.2) is 42.5 Å². The number of carbonyl (C=O) groups excluding carboxylic acids is 2. The quantitative estimate of drug-likeness (QED) is 0.327. The maximum atomic E-state index is 12.1. The molecule has 0 aliphatic carbocycles. The highest BCUT2D eigenvalue weighted by Crippen LogP contribution is 2.29. The van der Waals surface area contributed by atoms with E-state index in [0.717, 1.165) is 5.56 Å². The Hall–Kier alpha value is -3.28. The molecule has 0 heterocycles. The Kier molecular flexibility index (Phi) is 6.38. The maximum absolute atomic E-state index is 12.1. The molecule has 136 valence electrons. The highest BCUT2D eigenvalue weighted by molar-refractivity contribution is 5.95. The summed E-state index contributed by atoms with van der Waals surface area (Å²) in [7, 11) is 4.53. The summed E-state index contributed by atoms with van der Waals surface area (Å²) < 4.78 is 20.8. The second kappa shape index (κ2) is 8.71. The van der Waals surface area contributed by atoms with Crippen molar-refractivity contribution in [3.63, 3.8) is 0 Å². The number of Topliss-reactive ketones (excluding diaryl/α,β-unsaturated/α-hetero) is 1. The van der Waals surface area contributed by atoms with Crippen molar-refractivity contribution in [2.75, 3.05) is 21.3 Å². The number of hydrogen-bond donors (Lipinski definition) is 0. The summed E-state index contributed by atoms with van der Waals surface area (Å²) in [6, 6.07) is 9.90. The average molecular weight is 356 g/mol. The van der Waals surface area contributed by atoms with Gasteiger partial charge in [0.05, 0.1) is 21.3 Å². The zero-order chi connectivity index (χ0) is 19.1. The first-order valence-electron chi connectivity index (χ1n) is 7.79. The molecule has 0 fully saturated rings. The summed E-state index contributed by atoms with van der Waals surface area (Å²) in [4.78, 5) is 23.5. The molecule has 0 saturated heterocycles. The van der Waals surface area contributed by atoms with Crippen LogP contribution in [0.1, 0.15) is 22.8 Å². The molecule has 2 aromatic carbocycles. The molecule has 0 atom stereocenters. The summed E-state index contributed by atoms with van der Waals surface area (Å²) in [5, 5.41) is 0. The number of ether oxygens (including phenoxy) is 4. The Morgan fingerprint density at radius 2 is 1.42 bits per heavy atom. The van der Waals surface area contributed by atoms with E-state index in [2.05, 4.69) is 0 Å². The van der Waals surface area contributed by atoms with Gasteiger partial charge in [0.25, 0.3) is 0 Å². The first-order chi connectivity index (χ1) is 12.5. The lowest BCUT2D eigenvalue weighted by atomic mass is 10.1. The van der Waals surface area contributed by atoms with Gasteiger partial charge in [-0.15, -0.1) is 0 Å². The largest absolute Gasteiger partial charge is 0.493 e. The fourth-order valence-corrected chi connectivity index (χ4v) is 2.23. The van der Waals surface area contributed by atoms with Crippen LogP contribution >= 0.6 is 0 Å². The Morgan fingerprint density at radius 1 is 0.808 bits per heavy atom. The van der Waals surface area contributed by atoms with Crippen LogP contribution in [-0.2, 0) is 4.79 Å². The molecule has 0 bridgehead atoms. The number of ketones is 1. The van der Waals surface area contributed by atoms with Crippen LogP contribution in [0.4, 0.5) is 0 Å². The Morgan fingerprint density at radius 3 is 2.04 bits per heavy atom. The molecule has 0 spiro atoms. The van der Waals surface area contributed by atoms with Gasteiger partial charge >= 0.3 is 5.97 Å². The molecule has 0 saturated carbocycles. The van der Waals surface area contributed by atoms with Gasteiger partial charge in [0.2, 0.25) is 0 Å². The van der Waals surface area contributed by atoms with Crippen molar-refractivity contribution in [3.05, 3.63) is 53.6 Å². The van der Waals surface area contributed by atoms with Gasteiger partial charge < -0.3 is 18.9 Å². The van der Waals surface area contributed by atoms with E-state index >= 15 is 0 Å². The molecular formula is C20H20O6. The molecule has 2 aromatic rings. The van der Waals surface area contributed by atoms with Gasteiger partial charge in [-0.25, -0.2) is 4.79 Å². The molecule has 0 aromatic heterocycles. The van der Waals surface area contributed by atoms with Crippen molar-refractivity contribution in [1.29, 1.82) is 0 Å².